The lowest BCUT2D eigenvalue weighted by Crippen LogP contribution is -2.15. The van der Waals surface area contributed by atoms with Crippen molar-refractivity contribution in [1.82, 2.24) is 0 Å². The highest BCUT2D eigenvalue weighted by Gasteiger charge is 2.32. The summed E-state index contributed by atoms with van der Waals surface area (Å²) in [6.45, 7) is 1.35. The maximum absolute atomic E-state index is 12.9. The number of aryl methyl sites for hydroxylation is 1. The summed E-state index contributed by atoms with van der Waals surface area (Å²) in [5.41, 5.74) is 0.173. The number of hydrogen-bond donors (Lipinski definition) is 1. The lowest BCUT2D eigenvalue weighted by Gasteiger charge is -2.12. The normalized spacial score (nSPS) is 10.9. The molecule has 5 heteroatoms. The van der Waals surface area contributed by atoms with Crippen LogP contribution in [0.15, 0.2) is 42.5 Å². The maximum Gasteiger partial charge on any atom is 0.416 e. The number of nitrogens with one attached hydrogen (secondary N) is 1. The fraction of sp³-hybridized carbons (Fsp3) is 0.118. The molecular weight excluding hydrogens is 291 g/mol. The van der Waals surface area contributed by atoms with Crippen LogP contribution in [-0.2, 0) is 6.18 Å². The molecule has 0 radical (unpaired) electrons. The highest BCUT2D eigenvalue weighted by Crippen LogP contribution is 2.32. The van der Waals surface area contributed by atoms with E-state index in [2.05, 4.69) is 11.2 Å². The number of halogens is 3. The molecule has 0 unspecified atom stereocenters. The van der Waals surface area contributed by atoms with E-state index in [1.165, 1.54) is 19.1 Å². The number of carbonyl (C=O) groups excluding carboxylic acids is 1. The molecule has 2 rings (SSSR count). The highest BCUT2D eigenvalue weighted by atomic mass is 19.4. The molecule has 0 fully saturated rings. The predicted molar refractivity (Wildman–Crippen MR) is 78.5 cm³/mol. The van der Waals surface area contributed by atoms with Gasteiger partial charge in [-0.3, -0.25) is 4.79 Å². The van der Waals surface area contributed by atoms with E-state index in [9.17, 15) is 18.0 Å². The molecule has 0 aliphatic rings. The van der Waals surface area contributed by atoms with Gasteiger partial charge in [-0.25, -0.2) is 0 Å². The third kappa shape index (κ3) is 3.47. The van der Waals surface area contributed by atoms with Crippen molar-refractivity contribution >= 4 is 11.6 Å². The summed E-state index contributed by atoms with van der Waals surface area (Å²) in [6, 6.07) is 9.98. The molecule has 22 heavy (non-hydrogen) atoms. The van der Waals surface area contributed by atoms with Gasteiger partial charge in [-0.15, -0.1) is 6.42 Å². The zero-order chi connectivity index (χ0) is 16.3. The Bertz CT molecular complexity index is 757. The number of anilines is 1. The van der Waals surface area contributed by atoms with Crippen LogP contribution in [0.1, 0.15) is 27.0 Å². The Morgan fingerprint density at radius 3 is 2.55 bits per heavy atom. The van der Waals surface area contributed by atoms with Crippen molar-refractivity contribution in [2.75, 3.05) is 5.32 Å². The topological polar surface area (TPSA) is 29.1 Å². The Balaban J connectivity index is 2.28. The summed E-state index contributed by atoms with van der Waals surface area (Å²) in [7, 11) is 0. The van der Waals surface area contributed by atoms with E-state index in [0.717, 1.165) is 6.07 Å². The first kappa shape index (κ1) is 15.6. The van der Waals surface area contributed by atoms with Crippen molar-refractivity contribution in [2.45, 2.75) is 13.1 Å². The van der Waals surface area contributed by atoms with Crippen molar-refractivity contribution in [3.63, 3.8) is 0 Å². The maximum atomic E-state index is 12.9. The van der Waals surface area contributed by atoms with Crippen molar-refractivity contribution in [3.05, 3.63) is 64.7 Å². The van der Waals surface area contributed by atoms with Crippen molar-refractivity contribution in [1.29, 1.82) is 0 Å². The molecule has 0 atom stereocenters. The van der Waals surface area contributed by atoms with E-state index in [0.29, 0.717) is 11.3 Å². The molecule has 0 spiro atoms. The Morgan fingerprint density at radius 2 is 1.91 bits per heavy atom. The van der Waals surface area contributed by atoms with Gasteiger partial charge in [0, 0.05) is 16.8 Å². The number of rotatable bonds is 2. The van der Waals surface area contributed by atoms with Crippen LogP contribution in [0, 0.1) is 19.3 Å². The molecular formula is C17H12F3NO. The lowest BCUT2D eigenvalue weighted by molar-refractivity contribution is -0.138. The fourth-order valence-corrected chi connectivity index (χ4v) is 1.96. The van der Waals surface area contributed by atoms with Gasteiger partial charge in [0.25, 0.3) is 5.91 Å². The lowest BCUT2D eigenvalue weighted by atomic mass is 10.0. The SMILES string of the molecule is C#Cc1cccc(NC(=O)c2ccc(C)c(C(F)(F)F)c2)c1. The minimum Gasteiger partial charge on any atom is -0.322 e. The highest BCUT2D eigenvalue weighted by molar-refractivity contribution is 6.04. The van der Waals surface area contributed by atoms with E-state index in [-0.39, 0.29) is 11.1 Å². The molecule has 0 saturated carbocycles. The molecule has 0 aromatic heterocycles. The Kier molecular flexibility index (Phi) is 4.22. The molecule has 1 amide bonds. The zero-order valence-electron chi connectivity index (χ0n) is 11.7. The standard InChI is InChI=1S/C17H12F3NO/c1-3-12-5-4-6-14(9-12)21-16(22)13-8-7-11(2)15(10-13)17(18,19)20/h1,4-10H,2H3,(H,21,22). The molecule has 2 aromatic rings. The van der Waals surface area contributed by atoms with Crippen LogP contribution in [0.3, 0.4) is 0 Å². The van der Waals surface area contributed by atoms with E-state index in [1.54, 1.807) is 24.3 Å². The second-order valence-corrected chi connectivity index (χ2v) is 4.71. The monoisotopic (exact) mass is 303 g/mol. The number of benzene rings is 2. The van der Waals surface area contributed by atoms with Crippen molar-refractivity contribution in [3.8, 4) is 12.3 Å². The summed E-state index contributed by atoms with van der Waals surface area (Å²) in [5, 5.41) is 2.53. The molecule has 2 nitrogen and oxygen atoms in total. The van der Waals surface area contributed by atoms with E-state index in [4.69, 9.17) is 6.42 Å². The molecule has 0 bridgehead atoms. The van der Waals surface area contributed by atoms with Gasteiger partial charge in [0.1, 0.15) is 0 Å². The third-order valence-corrected chi connectivity index (χ3v) is 3.09. The molecule has 112 valence electrons. The molecule has 1 N–H and O–H groups in total. The van der Waals surface area contributed by atoms with Crippen LogP contribution in [0.2, 0.25) is 0 Å². The van der Waals surface area contributed by atoms with Gasteiger partial charge in [-0.1, -0.05) is 18.1 Å². The Labute approximate surface area is 126 Å². The van der Waals surface area contributed by atoms with Crippen LogP contribution in [-0.4, -0.2) is 5.91 Å². The van der Waals surface area contributed by atoms with Gasteiger partial charge in [0.2, 0.25) is 0 Å². The molecule has 0 heterocycles. The van der Waals surface area contributed by atoms with Crippen LogP contribution < -0.4 is 5.32 Å². The Hall–Kier alpha value is -2.74. The number of terminal acetylenes is 1. The first-order valence-corrected chi connectivity index (χ1v) is 6.37. The minimum atomic E-state index is -4.50. The summed E-state index contributed by atoms with van der Waals surface area (Å²) in [4.78, 5) is 12.1. The van der Waals surface area contributed by atoms with E-state index in [1.807, 2.05) is 0 Å². The first-order chi connectivity index (χ1) is 10.3. The number of amides is 1. The van der Waals surface area contributed by atoms with Crippen LogP contribution >= 0.6 is 0 Å². The van der Waals surface area contributed by atoms with Gasteiger partial charge in [-0.2, -0.15) is 13.2 Å². The van der Waals surface area contributed by atoms with Crippen molar-refractivity contribution in [2.24, 2.45) is 0 Å². The molecule has 2 aromatic carbocycles. The zero-order valence-corrected chi connectivity index (χ0v) is 11.7. The van der Waals surface area contributed by atoms with Gasteiger partial charge in [0.05, 0.1) is 5.56 Å². The summed E-state index contributed by atoms with van der Waals surface area (Å²) in [5.74, 6) is 1.79. The average Bonchev–Trinajstić information content (AvgIpc) is 2.46. The fourth-order valence-electron chi connectivity index (χ4n) is 1.96. The number of carbonyl (C=O) groups is 1. The molecule has 0 saturated heterocycles. The van der Waals surface area contributed by atoms with Gasteiger partial charge in [-0.05, 0) is 42.8 Å². The van der Waals surface area contributed by atoms with Gasteiger partial charge in [0.15, 0.2) is 0 Å². The van der Waals surface area contributed by atoms with Crippen molar-refractivity contribution < 1.29 is 18.0 Å². The first-order valence-electron chi connectivity index (χ1n) is 6.37. The molecule has 0 aliphatic carbocycles. The van der Waals surface area contributed by atoms with Crippen LogP contribution in [0.4, 0.5) is 18.9 Å². The third-order valence-electron chi connectivity index (χ3n) is 3.09. The second kappa shape index (κ2) is 5.94. The van der Waals surface area contributed by atoms with Gasteiger partial charge < -0.3 is 5.32 Å². The number of alkyl halides is 3. The summed E-state index contributed by atoms with van der Waals surface area (Å²) < 4.78 is 38.6. The smallest absolute Gasteiger partial charge is 0.322 e. The second-order valence-electron chi connectivity index (χ2n) is 4.71. The van der Waals surface area contributed by atoms with Gasteiger partial charge >= 0.3 is 6.18 Å². The summed E-state index contributed by atoms with van der Waals surface area (Å²) in [6.07, 6.45) is 0.761. The van der Waals surface area contributed by atoms with Crippen LogP contribution in [0.5, 0.6) is 0 Å². The predicted octanol–water partition coefficient (Wildman–Crippen LogP) is 4.25. The van der Waals surface area contributed by atoms with E-state index < -0.39 is 17.6 Å². The number of hydrogen-bond acceptors (Lipinski definition) is 1. The van der Waals surface area contributed by atoms with Crippen LogP contribution in [0.25, 0.3) is 0 Å². The average molecular weight is 303 g/mol. The van der Waals surface area contributed by atoms with E-state index >= 15 is 0 Å². The minimum absolute atomic E-state index is 0.0657. The Morgan fingerprint density at radius 1 is 1.18 bits per heavy atom. The molecule has 0 aliphatic heterocycles. The summed E-state index contributed by atoms with van der Waals surface area (Å²) >= 11 is 0. The largest absolute Gasteiger partial charge is 0.416 e. The quantitative estimate of drug-likeness (QED) is 0.826.